The van der Waals surface area contributed by atoms with E-state index >= 15 is 0 Å². The topological polar surface area (TPSA) is 27.7 Å². The Kier molecular flexibility index (Phi) is 7.94. The van der Waals surface area contributed by atoms with Crippen LogP contribution >= 0.6 is 0 Å². The van der Waals surface area contributed by atoms with Gasteiger partial charge in [-0.25, -0.2) is 0 Å². The lowest BCUT2D eigenvalue weighted by Crippen LogP contribution is -2.71. The van der Waals surface area contributed by atoms with Gasteiger partial charge < -0.3 is 14.2 Å². The second-order valence-corrected chi connectivity index (χ2v) is 13.9. The van der Waals surface area contributed by atoms with Crippen molar-refractivity contribution in [3.8, 4) is 17.2 Å². The highest BCUT2D eigenvalue weighted by molar-refractivity contribution is 5.52. The van der Waals surface area contributed by atoms with Gasteiger partial charge >= 0.3 is 0 Å². The van der Waals surface area contributed by atoms with E-state index in [0.29, 0.717) is 0 Å². The summed E-state index contributed by atoms with van der Waals surface area (Å²) in [6.07, 6.45) is 0. The molecule has 0 radical (unpaired) electrons. The molecular weight excluding hydrogens is 516 g/mol. The number of hydrogen-bond donors (Lipinski definition) is 0. The number of benzene rings is 3. The fourth-order valence-corrected chi connectivity index (χ4v) is 6.90. The van der Waals surface area contributed by atoms with Crippen LogP contribution in [0.25, 0.3) is 0 Å². The van der Waals surface area contributed by atoms with E-state index < -0.39 is 22.2 Å². The van der Waals surface area contributed by atoms with E-state index in [1.165, 1.54) is 33.4 Å². The summed E-state index contributed by atoms with van der Waals surface area (Å²) >= 11 is 0. The molecule has 3 nitrogen and oxygen atoms in total. The summed E-state index contributed by atoms with van der Waals surface area (Å²) in [6, 6.07) is 14.5. The molecule has 3 heteroatoms. The van der Waals surface area contributed by atoms with Gasteiger partial charge in [0.05, 0.1) is 5.41 Å². The minimum Gasteiger partial charge on any atom is -0.482 e. The second-order valence-electron chi connectivity index (χ2n) is 13.9. The Morgan fingerprint density at radius 2 is 1.02 bits per heavy atom. The molecule has 0 bridgehead atoms. The van der Waals surface area contributed by atoms with E-state index in [-0.39, 0.29) is 0 Å². The second kappa shape index (κ2) is 10.5. The predicted octanol–water partition coefficient (Wildman–Crippen LogP) is 10.5. The van der Waals surface area contributed by atoms with E-state index in [2.05, 4.69) is 116 Å². The minimum absolute atomic E-state index is 0.445. The molecule has 0 aliphatic heterocycles. The molecule has 3 aromatic carbocycles. The first kappa shape index (κ1) is 31.7. The SMILES string of the molecule is CC1=C(C)C(Oc2ccccc2)(Oc2c(C)cc(C)c(C)c2C)C(C)(C)C(C)(C)C1(C)Oc1cc(C)c(C)c(C)c1C. The molecule has 42 heavy (non-hydrogen) atoms. The van der Waals surface area contributed by atoms with Gasteiger partial charge in [0.25, 0.3) is 5.79 Å². The summed E-state index contributed by atoms with van der Waals surface area (Å²) in [6.45, 7) is 33.1. The van der Waals surface area contributed by atoms with Crippen LogP contribution in [0.15, 0.2) is 53.6 Å². The van der Waals surface area contributed by atoms with Crippen molar-refractivity contribution in [2.24, 2.45) is 10.8 Å². The molecule has 0 heterocycles. The Balaban J connectivity index is 2.02. The lowest BCUT2D eigenvalue weighted by molar-refractivity contribution is -0.243. The highest BCUT2D eigenvalue weighted by Crippen LogP contribution is 2.64. The molecule has 2 unspecified atom stereocenters. The van der Waals surface area contributed by atoms with E-state index in [4.69, 9.17) is 14.2 Å². The Morgan fingerprint density at radius 1 is 0.476 bits per heavy atom. The van der Waals surface area contributed by atoms with Gasteiger partial charge in [0, 0.05) is 11.0 Å². The van der Waals surface area contributed by atoms with Gasteiger partial charge in [-0.15, -0.1) is 0 Å². The summed E-state index contributed by atoms with van der Waals surface area (Å²) < 4.78 is 21.7. The smallest absolute Gasteiger partial charge is 0.279 e. The summed E-state index contributed by atoms with van der Waals surface area (Å²) in [5.74, 6) is 1.50. The summed E-state index contributed by atoms with van der Waals surface area (Å²) in [4.78, 5) is 0. The Hall–Kier alpha value is -3.20. The normalized spacial score (nSPS) is 23.1. The van der Waals surface area contributed by atoms with Crippen molar-refractivity contribution < 1.29 is 14.2 Å². The molecular formula is C39H52O3. The molecule has 1 aliphatic carbocycles. The van der Waals surface area contributed by atoms with E-state index in [1.54, 1.807) is 0 Å². The van der Waals surface area contributed by atoms with Crippen LogP contribution in [0.3, 0.4) is 0 Å². The zero-order valence-electron chi connectivity index (χ0n) is 28.8. The Morgan fingerprint density at radius 3 is 1.62 bits per heavy atom. The highest BCUT2D eigenvalue weighted by Gasteiger charge is 2.70. The number of hydrogen-bond acceptors (Lipinski definition) is 3. The molecule has 3 aromatic rings. The minimum atomic E-state index is -1.10. The van der Waals surface area contributed by atoms with Crippen molar-refractivity contribution >= 4 is 0 Å². The standard InChI is InChI=1S/C39H52O3/c1-23-21-25(3)35(30(8)27(23)5)42-39(40-33-19-17-16-18-20-33)32(10)31(9)38(15,36(11,12)37(39,13)14)41-34-22-24(2)26(4)28(6)29(34)7/h16-22H,1-15H3. The van der Waals surface area contributed by atoms with Gasteiger partial charge in [0.15, 0.2) is 0 Å². The lowest BCUT2D eigenvalue weighted by Gasteiger charge is -2.63. The summed E-state index contributed by atoms with van der Waals surface area (Å²) in [5, 5.41) is 0. The van der Waals surface area contributed by atoms with Crippen LogP contribution in [0.1, 0.15) is 93.0 Å². The van der Waals surface area contributed by atoms with Crippen LogP contribution in [0.5, 0.6) is 17.2 Å². The van der Waals surface area contributed by atoms with Crippen LogP contribution in [0.2, 0.25) is 0 Å². The maximum Gasteiger partial charge on any atom is 0.279 e. The van der Waals surface area contributed by atoms with Gasteiger partial charge in [-0.05, 0) is 144 Å². The molecule has 226 valence electrons. The van der Waals surface area contributed by atoms with Crippen molar-refractivity contribution in [1.29, 1.82) is 0 Å². The number of ether oxygens (including phenoxy) is 3. The molecule has 4 rings (SSSR count). The van der Waals surface area contributed by atoms with Crippen molar-refractivity contribution in [3.63, 3.8) is 0 Å². The largest absolute Gasteiger partial charge is 0.482 e. The average Bonchev–Trinajstić information content (AvgIpc) is 2.94. The quantitative estimate of drug-likeness (QED) is 0.219. The first-order chi connectivity index (χ1) is 19.3. The maximum absolute atomic E-state index is 7.36. The fraction of sp³-hybridized carbons (Fsp3) is 0.487. The third kappa shape index (κ3) is 4.46. The molecule has 1 aliphatic rings. The monoisotopic (exact) mass is 568 g/mol. The lowest BCUT2D eigenvalue weighted by atomic mass is 9.49. The molecule has 2 atom stereocenters. The van der Waals surface area contributed by atoms with Crippen LogP contribution in [-0.2, 0) is 0 Å². The van der Waals surface area contributed by atoms with E-state index in [9.17, 15) is 0 Å². The third-order valence-electron chi connectivity index (χ3n) is 11.6. The maximum atomic E-state index is 7.36. The molecule has 0 fully saturated rings. The Bertz CT molecular complexity index is 1560. The summed E-state index contributed by atoms with van der Waals surface area (Å²) in [7, 11) is 0. The van der Waals surface area contributed by atoms with Gasteiger partial charge in [0.2, 0.25) is 0 Å². The molecule has 0 amide bonds. The Labute approximate surface area is 255 Å². The predicted molar refractivity (Wildman–Crippen MR) is 176 cm³/mol. The van der Waals surface area contributed by atoms with Crippen LogP contribution < -0.4 is 14.2 Å². The zero-order valence-corrected chi connectivity index (χ0v) is 28.8. The zero-order chi connectivity index (χ0) is 31.6. The van der Waals surface area contributed by atoms with E-state index in [1.807, 2.05) is 30.3 Å². The van der Waals surface area contributed by atoms with Crippen molar-refractivity contribution in [2.45, 2.75) is 115 Å². The van der Waals surface area contributed by atoms with Crippen molar-refractivity contribution in [3.05, 3.63) is 98.1 Å². The van der Waals surface area contributed by atoms with Crippen LogP contribution in [0.4, 0.5) is 0 Å². The average molecular weight is 569 g/mol. The highest BCUT2D eigenvalue weighted by atomic mass is 16.7. The van der Waals surface area contributed by atoms with Crippen LogP contribution in [-0.4, -0.2) is 11.4 Å². The van der Waals surface area contributed by atoms with Crippen molar-refractivity contribution in [2.75, 3.05) is 0 Å². The van der Waals surface area contributed by atoms with Gasteiger partial charge in [0.1, 0.15) is 22.8 Å². The first-order valence-electron chi connectivity index (χ1n) is 15.3. The number of para-hydroxylation sites is 1. The van der Waals surface area contributed by atoms with Crippen LogP contribution in [0, 0.1) is 66.2 Å². The summed E-state index contributed by atoms with van der Waals surface area (Å²) in [5.41, 5.74) is 10.3. The third-order valence-corrected chi connectivity index (χ3v) is 11.6. The molecule has 0 saturated heterocycles. The molecule has 0 aromatic heterocycles. The molecule has 0 spiro atoms. The fourth-order valence-electron chi connectivity index (χ4n) is 6.90. The number of rotatable bonds is 6. The van der Waals surface area contributed by atoms with Crippen molar-refractivity contribution in [1.82, 2.24) is 0 Å². The van der Waals surface area contributed by atoms with Gasteiger partial charge in [-0.2, -0.15) is 0 Å². The molecule has 0 N–H and O–H groups in total. The molecule has 0 saturated carbocycles. The van der Waals surface area contributed by atoms with Gasteiger partial charge in [-0.3, -0.25) is 0 Å². The number of aryl methyl sites for hydroxylation is 3. The van der Waals surface area contributed by atoms with E-state index in [0.717, 1.165) is 39.5 Å². The first-order valence-corrected chi connectivity index (χ1v) is 15.3. The van der Waals surface area contributed by atoms with Gasteiger partial charge in [-0.1, -0.05) is 52.0 Å².